The highest BCUT2D eigenvalue weighted by Crippen LogP contribution is 2.17. The number of carbonyl (C=O) groups is 1. The second-order valence-corrected chi connectivity index (χ2v) is 4.26. The summed E-state index contributed by atoms with van der Waals surface area (Å²) >= 11 is 0. The minimum atomic E-state index is 0.152. The van der Waals surface area contributed by atoms with Crippen molar-refractivity contribution < 1.29 is 4.79 Å². The van der Waals surface area contributed by atoms with Crippen molar-refractivity contribution in [3.63, 3.8) is 0 Å². The summed E-state index contributed by atoms with van der Waals surface area (Å²) in [5.74, 6) is 0.586. The summed E-state index contributed by atoms with van der Waals surface area (Å²) < 4.78 is 0. The Balaban J connectivity index is 2.66. The Morgan fingerprint density at radius 2 is 1.94 bits per heavy atom. The summed E-state index contributed by atoms with van der Waals surface area (Å²) in [5, 5.41) is 0. The molecule has 1 amide bonds. The largest absolute Gasteiger partial charge is 0.399 e. The number of carbonyl (C=O) groups excluding carboxylic acids is 1. The van der Waals surface area contributed by atoms with Crippen LogP contribution < -0.4 is 10.6 Å². The first-order chi connectivity index (χ1) is 7.54. The van der Waals surface area contributed by atoms with Gasteiger partial charge in [-0.05, 0) is 30.2 Å². The summed E-state index contributed by atoms with van der Waals surface area (Å²) in [5.41, 5.74) is 7.21. The van der Waals surface area contributed by atoms with Gasteiger partial charge < -0.3 is 10.6 Å². The molecule has 1 aromatic carbocycles. The van der Waals surface area contributed by atoms with Crippen molar-refractivity contribution in [3.05, 3.63) is 24.3 Å². The molecule has 0 heterocycles. The zero-order chi connectivity index (χ0) is 12.1. The van der Waals surface area contributed by atoms with Crippen LogP contribution in [0.3, 0.4) is 0 Å². The zero-order valence-electron chi connectivity index (χ0n) is 10.2. The molecule has 0 saturated heterocycles. The number of anilines is 2. The predicted octanol–water partition coefficient (Wildman–Crippen LogP) is 2.67. The lowest BCUT2D eigenvalue weighted by molar-refractivity contribution is -0.119. The molecule has 0 aliphatic heterocycles. The predicted molar refractivity (Wildman–Crippen MR) is 68.3 cm³/mol. The van der Waals surface area contributed by atoms with Crippen LogP contribution in [0.15, 0.2) is 24.3 Å². The van der Waals surface area contributed by atoms with E-state index in [1.165, 1.54) is 0 Å². The smallest absolute Gasteiger partial charge is 0.226 e. The van der Waals surface area contributed by atoms with Gasteiger partial charge in [0, 0.05) is 24.8 Å². The van der Waals surface area contributed by atoms with Gasteiger partial charge in [-0.2, -0.15) is 0 Å². The molecule has 1 aromatic rings. The highest BCUT2D eigenvalue weighted by Gasteiger charge is 2.13. The van der Waals surface area contributed by atoms with Crippen molar-refractivity contribution in [2.75, 3.05) is 17.7 Å². The van der Waals surface area contributed by atoms with Crippen LogP contribution in [0.25, 0.3) is 0 Å². The lowest BCUT2D eigenvalue weighted by Gasteiger charge is -2.19. The van der Waals surface area contributed by atoms with Gasteiger partial charge in [0.2, 0.25) is 5.91 Å². The van der Waals surface area contributed by atoms with Crippen molar-refractivity contribution in [1.82, 2.24) is 0 Å². The Morgan fingerprint density at radius 1 is 1.38 bits per heavy atom. The minimum absolute atomic E-state index is 0.152. The van der Waals surface area contributed by atoms with Gasteiger partial charge in [-0.3, -0.25) is 4.79 Å². The topological polar surface area (TPSA) is 46.3 Å². The maximum atomic E-state index is 11.9. The molecule has 1 unspecified atom stereocenters. The molecule has 0 bridgehead atoms. The number of hydrogen-bond acceptors (Lipinski definition) is 2. The third kappa shape index (κ3) is 3.26. The van der Waals surface area contributed by atoms with Crippen LogP contribution in [0.5, 0.6) is 0 Å². The first-order valence-electron chi connectivity index (χ1n) is 5.66. The lowest BCUT2D eigenvalue weighted by Crippen LogP contribution is -2.27. The number of nitrogen functional groups attached to an aromatic ring is 1. The maximum absolute atomic E-state index is 11.9. The number of rotatable bonds is 4. The first-order valence-corrected chi connectivity index (χ1v) is 5.66. The van der Waals surface area contributed by atoms with E-state index < -0.39 is 0 Å². The highest BCUT2D eigenvalue weighted by atomic mass is 16.2. The molecular formula is C13H20N2O. The van der Waals surface area contributed by atoms with Crippen LogP contribution in [-0.4, -0.2) is 13.0 Å². The average Bonchev–Trinajstić information content (AvgIpc) is 2.28. The second kappa shape index (κ2) is 5.54. The molecule has 0 aliphatic rings. The van der Waals surface area contributed by atoms with Crippen LogP contribution in [0.4, 0.5) is 11.4 Å². The highest BCUT2D eigenvalue weighted by molar-refractivity contribution is 5.93. The van der Waals surface area contributed by atoms with Crippen LogP contribution in [0.1, 0.15) is 26.7 Å². The number of hydrogen-bond donors (Lipinski definition) is 1. The Kier molecular flexibility index (Phi) is 4.35. The third-order valence-electron chi connectivity index (χ3n) is 2.87. The van der Waals surface area contributed by atoms with Crippen molar-refractivity contribution in [2.24, 2.45) is 5.92 Å². The van der Waals surface area contributed by atoms with Crippen molar-refractivity contribution >= 4 is 17.3 Å². The van der Waals surface area contributed by atoms with Gasteiger partial charge in [0.1, 0.15) is 0 Å². The van der Waals surface area contributed by atoms with Crippen LogP contribution in [0.2, 0.25) is 0 Å². The molecule has 1 atom stereocenters. The molecule has 0 aliphatic carbocycles. The van der Waals surface area contributed by atoms with Gasteiger partial charge in [-0.25, -0.2) is 0 Å². The Labute approximate surface area is 97.2 Å². The molecule has 0 spiro atoms. The summed E-state index contributed by atoms with van der Waals surface area (Å²) in [6.45, 7) is 4.19. The van der Waals surface area contributed by atoms with E-state index in [1.807, 2.05) is 24.3 Å². The van der Waals surface area contributed by atoms with Crippen LogP contribution in [-0.2, 0) is 4.79 Å². The number of nitrogens with zero attached hydrogens (tertiary/aromatic N) is 1. The molecule has 3 heteroatoms. The van der Waals surface area contributed by atoms with Crippen molar-refractivity contribution in [2.45, 2.75) is 26.7 Å². The standard InChI is InChI=1S/C13H20N2O/c1-4-10(2)9-13(16)15(3)12-7-5-11(14)6-8-12/h5-8,10H,4,9,14H2,1-3H3. The second-order valence-electron chi connectivity index (χ2n) is 4.26. The average molecular weight is 220 g/mol. The maximum Gasteiger partial charge on any atom is 0.226 e. The number of benzene rings is 1. The summed E-state index contributed by atoms with van der Waals surface area (Å²) in [7, 11) is 1.80. The summed E-state index contributed by atoms with van der Waals surface area (Å²) in [4.78, 5) is 13.6. The fourth-order valence-corrected chi connectivity index (χ4v) is 1.42. The van der Waals surface area contributed by atoms with Crippen molar-refractivity contribution in [1.29, 1.82) is 0 Å². The van der Waals surface area contributed by atoms with Crippen molar-refractivity contribution in [3.8, 4) is 0 Å². The number of nitrogens with two attached hydrogens (primary N) is 1. The van der Waals surface area contributed by atoms with Gasteiger partial charge >= 0.3 is 0 Å². The number of amides is 1. The van der Waals surface area contributed by atoms with E-state index in [9.17, 15) is 4.79 Å². The van der Waals surface area contributed by atoms with Crippen LogP contribution >= 0.6 is 0 Å². The molecule has 88 valence electrons. The molecule has 3 nitrogen and oxygen atoms in total. The SMILES string of the molecule is CCC(C)CC(=O)N(C)c1ccc(N)cc1. The van der Waals surface area contributed by atoms with E-state index in [2.05, 4.69) is 13.8 Å². The molecule has 2 N–H and O–H groups in total. The van der Waals surface area contributed by atoms with Crippen LogP contribution in [0, 0.1) is 5.92 Å². The normalized spacial score (nSPS) is 12.2. The van der Waals surface area contributed by atoms with E-state index in [0.717, 1.165) is 12.1 Å². The molecule has 0 radical (unpaired) electrons. The van der Waals surface area contributed by atoms with E-state index >= 15 is 0 Å². The molecule has 0 fully saturated rings. The molecule has 0 aromatic heterocycles. The molecule has 16 heavy (non-hydrogen) atoms. The zero-order valence-corrected chi connectivity index (χ0v) is 10.2. The van der Waals surface area contributed by atoms with Gasteiger partial charge in [-0.15, -0.1) is 0 Å². The fourth-order valence-electron chi connectivity index (χ4n) is 1.42. The Bertz CT molecular complexity index is 345. The molecule has 1 rings (SSSR count). The van der Waals surface area contributed by atoms with Gasteiger partial charge in [0.15, 0.2) is 0 Å². The van der Waals surface area contributed by atoms with Gasteiger partial charge in [0.05, 0.1) is 0 Å². The van der Waals surface area contributed by atoms with E-state index in [-0.39, 0.29) is 5.91 Å². The van der Waals surface area contributed by atoms with E-state index in [4.69, 9.17) is 5.73 Å². The van der Waals surface area contributed by atoms with E-state index in [1.54, 1.807) is 11.9 Å². The third-order valence-corrected chi connectivity index (χ3v) is 2.87. The van der Waals surface area contributed by atoms with E-state index in [0.29, 0.717) is 18.0 Å². The molecule has 0 saturated carbocycles. The summed E-state index contributed by atoms with van der Waals surface area (Å²) in [6.07, 6.45) is 1.62. The summed E-state index contributed by atoms with van der Waals surface area (Å²) in [6, 6.07) is 7.35. The first kappa shape index (κ1) is 12.6. The monoisotopic (exact) mass is 220 g/mol. The minimum Gasteiger partial charge on any atom is -0.399 e. The fraction of sp³-hybridized carbons (Fsp3) is 0.462. The Hall–Kier alpha value is -1.51. The lowest BCUT2D eigenvalue weighted by atomic mass is 10.0. The van der Waals surface area contributed by atoms with Gasteiger partial charge in [0.25, 0.3) is 0 Å². The molecular weight excluding hydrogens is 200 g/mol. The quantitative estimate of drug-likeness (QED) is 0.793. The van der Waals surface area contributed by atoms with Gasteiger partial charge in [-0.1, -0.05) is 20.3 Å². The Morgan fingerprint density at radius 3 is 2.44 bits per heavy atom.